The molecule has 0 aliphatic heterocycles. The zero-order chi connectivity index (χ0) is 14.4. The molecule has 2 aromatic rings. The van der Waals surface area contributed by atoms with Gasteiger partial charge in [0.05, 0.1) is 11.1 Å². The van der Waals surface area contributed by atoms with E-state index in [0.29, 0.717) is 11.1 Å². The number of halogens is 1. The number of nitrogens with one attached hydrogen (secondary N) is 1. The minimum absolute atomic E-state index is 0.296. The summed E-state index contributed by atoms with van der Waals surface area (Å²) in [4.78, 5) is 0. The Balaban J connectivity index is 2.18. The summed E-state index contributed by atoms with van der Waals surface area (Å²) < 4.78 is 5.99. The molecule has 2 nitrogen and oxygen atoms in total. The first kappa shape index (κ1) is 15.4. The first-order chi connectivity index (χ1) is 9.76. The van der Waals surface area contributed by atoms with Crippen molar-refractivity contribution in [3.05, 3.63) is 35.0 Å². The molecule has 2 rings (SSSR count). The van der Waals surface area contributed by atoms with Crippen LogP contribution < -0.4 is 5.32 Å². The molecule has 0 saturated heterocycles. The van der Waals surface area contributed by atoms with Crippen LogP contribution in [0.4, 0.5) is 0 Å². The van der Waals surface area contributed by atoms with Crippen molar-refractivity contribution in [2.75, 3.05) is 6.54 Å². The van der Waals surface area contributed by atoms with E-state index < -0.39 is 0 Å². The topological polar surface area (TPSA) is 25.2 Å². The molecule has 0 radical (unpaired) electrons. The lowest BCUT2D eigenvalue weighted by Crippen LogP contribution is -2.21. The molecule has 1 heterocycles. The van der Waals surface area contributed by atoms with Gasteiger partial charge in [-0.2, -0.15) is 0 Å². The molecule has 0 amide bonds. The summed E-state index contributed by atoms with van der Waals surface area (Å²) in [5.74, 6) is 1.01. The van der Waals surface area contributed by atoms with Gasteiger partial charge < -0.3 is 9.73 Å². The third kappa shape index (κ3) is 3.77. The minimum Gasteiger partial charge on any atom is -0.458 e. The van der Waals surface area contributed by atoms with Gasteiger partial charge in [0.15, 0.2) is 5.58 Å². The van der Waals surface area contributed by atoms with Crippen molar-refractivity contribution in [2.45, 2.75) is 52.0 Å². The van der Waals surface area contributed by atoms with Gasteiger partial charge in [0, 0.05) is 5.39 Å². The number of para-hydroxylation sites is 1. The maximum Gasteiger partial charge on any atom is 0.152 e. The molecule has 3 heteroatoms. The third-order valence-corrected chi connectivity index (χ3v) is 3.89. The number of benzene rings is 1. The standard InChI is InChI=1S/C17H24ClNO/c1-3-5-6-10-15(19-11-4-2)16-12-13-8-7-9-14(18)17(13)20-16/h7-9,12,15,19H,3-6,10-11H2,1-2H3. The van der Waals surface area contributed by atoms with Gasteiger partial charge in [0.1, 0.15) is 5.76 Å². The van der Waals surface area contributed by atoms with E-state index in [4.69, 9.17) is 16.0 Å². The van der Waals surface area contributed by atoms with Crippen molar-refractivity contribution in [3.63, 3.8) is 0 Å². The van der Waals surface area contributed by atoms with E-state index in [2.05, 4.69) is 31.3 Å². The van der Waals surface area contributed by atoms with Gasteiger partial charge in [-0.1, -0.05) is 56.8 Å². The Hall–Kier alpha value is -0.990. The molecule has 0 aliphatic carbocycles. The van der Waals surface area contributed by atoms with Crippen molar-refractivity contribution in [1.82, 2.24) is 5.32 Å². The lowest BCUT2D eigenvalue weighted by Gasteiger charge is -2.15. The first-order valence-corrected chi connectivity index (χ1v) is 8.05. The molecule has 0 aliphatic rings. The highest BCUT2D eigenvalue weighted by Crippen LogP contribution is 2.31. The lowest BCUT2D eigenvalue weighted by molar-refractivity contribution is 0.399. The van der Waals surface area contributed by atoms with Crippen molar-refractivity contribution in [3.8, 4) is 0 Å². The molecule has 0 saturated carbocycles. The zero-order valence-corrected chi connectivity index (χ0v) is 13.2. The fourth-order valence-electron chi connectivity index (χ4n) is 2.48. The van der Waals surface area contributed by atoms with Gasteiger partial charge in [-0.15, -0.1) is 0 Å². The van der Waals surface area contributed by atoms with E-state index in [1.54, 1.807) is 0 Å². The summed E-state index contributed by atoms with van der Waals surface area (Å²) in [5, 5.41) is 5.37. The molecule has 1 N–H and O–H groups in total. The highest BCUT2D eigenvalue weighted by molar-refractivity contribution is 6.34. The summed E-state index contributed by atoms with van der Waals surface area (Å²) in [7, 11) is 0. The van der Waals surface area contributed by atoms with Crippen molar-refractivity contribution in [2.24, 2.45) is 0 Å². The van der Waals surface area contributed by atoms with Gasteiger partial charge in [0.25, 0.3) is 0 Å². The van der Waals surface area contributed by atoms with Crippen LogP contribution in [0, 0.1) is 0 Å². The van der Waals surface area contributed by atoms with Crippen LogP contribution in [-0.4, -0.2) is 6.54 Å². The Morgan fingerprint density at radius 3 is 2.75 bits per heavy atom. The van der Waals surface area contributed by atoms with E-state index in [9.17, 15) is 0 Å². The number of hydrogen-bond acceptors (Lipinski definition) is 2. The molecule has 1 aromatic heterocycles. The second-order valence-electron chi connectivity index (χ2n) is 5.31. The Morgan fingerprint density at radius 2 is 2.05 bits per heavy atom. The fraction of sp³-hybridized carbons (Fsp3) is 0.529. The second kappa shape index (κ2) is 7.70. The Kier molecular flexibility index (Phi) is 5.93. The van der Waals surface area contributed by atoms with Crippen molar-refractivity contribution < 1.29 is 4.42 Å². The molecular weight excluding hydrogens is 270 g/mol. The van der Waals surface area contributed by atoms with Crippen molar-refractivity contribution in [1.29, 1.82) is 0 Å². The predicted octanol–water partition coefficient (Wildman–Crippen LogP) is 5.71. The number of unbranched alkanes of at least 4 members (excludes halogenated alkanes) is 2. The normalized spacial score (nSPS) is 12.9. The van der Waals surface area contributed by atoms with Gasteiger partial charge in [0.2, 0.25) is 0 Å². The van der Waals surface area contributed by atoms with E-state index in [1.807, 2.05) is 12.1 Å². The average molecular weight is 294 g/mol. The molecule has 0 bridgehead atoms. The molecule has 20 heavy (non-hydrogen) atoms. The Bertz CT molecular complexity index is 535. The van der Waals surface area contributed by atoms with E-state index in [1.165, 1.54) is 19.3 Å². The summed E-state index contributed by atoms with van der Waals surface area (Å²) >= 11 is 6.19. The molecule has 0 spiro atoms. The minimum atomic E-state index is 0.296. The molecule has 1 unspecified atom stereocenters. The Morgan fingerprint density at radius 1 is 1.20 bits per heavy atom. The van der Waals surface area contributed by atoms with Crippen LogP contribution in [0.2, 0.25) is 5.02 Å². The van der Waals surface area contributed by atoms with E-state index in [-0.39, 0.29) is 0 Å². The third-order valence-electron chi connectivity index (χ3n) is 3.60. The molecule has 0 fully saturated rings. The van der Waals surface area contributed by atoms with Crippen LogP contribution in [0.3, 0.4) is 0 Å². The smallest absolute Gasteiger partial charge is 0.152 e. The van der Waals surface area contributed by atoms with Crippen LogP contribution in [0.15, 0.2) is 28.7 Å². The first-order valence-electron chi connectivity index (χ1n) is 7.67. The van der Waals surface area contributed by atoms with Crippen LogP contribution >= 0.6 is 11.6 Å². The summed E-state index contributed by atoms with van der Waals surface area (Å²) in [6.45, 7) is 5.43. The molecule has 110 valence electrons. The maximum absolute atomic E-state index is 6.19. The van der Waals surface area contributed by atoms with Crippen LogP contribution in [0.5, 0.6) is 0 Å². The quantitative estimate of drug-likeness (QED) is 0.631. The zero-order valence-electron chi connectivity index (χ0n) is 12.4. The maximum atomic E-state index is 6.19. The lowest BCUT2D eigenvalue weighted by atomic mass is 10.1. The molecule has 1 atom stereocenters. The monoisotopic (exact) mass is 293 g/mol. The number of hydrogen-bond donors (Lipinski definition) is 1. The number of furan rings is 1. The second-order valence-corrected chi connectivity index (χ2v) is 5.72. The average Bonchev–Trinajstić information content (AvgIpc) is 2.88. The number of fused-ring (bicyclic) bond motifs is 1. The number of rotatable bonds is 8. The van der Waals surface area contributed by atoms with Crippen molar-refractivity contribution >= 4 is 22.6 Å². The fourth-order valence-corrected chi connectivity index (χ4v) is 2.70. The highest BCUT2D eigenvalue weighted by Gasteiger charge is 2.16. The largest absolute Gasteiger partial charge is 0.458 e. The summed E-state index contributed by atoms with van der Waals surface area (Å²) in [6.07, 6.45) is 5.98. The summed E-state index contributed by atoms with van der Waals surface area (Å²) in [5.41, 5.74) is 0.808. The predicted molar refractivity (Wildman–Crippen MR) is 86.4 cm³/mol. The van der Waals surface area contributed by atoms with E-state index in [0.717, 1.165) is 36.1 Å². The van der Waals surface area contributed by atoms with Gasteiger partial charge >= 0.3 is 0 Å². The van der Waals surface area contributed by atoms with Crippen LogP contribution in [0.25, 0.3) is 11.0 Å². The van der Waals surface area contributed by atoms with Crippen LogP contribution in [0.1, 0.15) is 57.8 Å². The van der Waals surface area contributed by atoms with Gasteiger partial charge in [-0.25, -0.2) is 0 Å². The van der Waals surface area contributed by atoms with E-state index >= 15 is 0 Å². The van der Waals surface area contributed by atoms with Gasteiger partial charge in [-0.3, -0.25) is 0 Å². The SMILES string of the molecule is CCCCCC(NCCC)c1cc2cccc(Cl)c2o1. The molecular formula is C17H24ClNO. The van der Waals surface area contributed by atoms with Crippen LogP contribution in [-0.2, 0) is 0 Å². The Labute approximate surface area is 126 Å². The molecule has 1 aromatic carbocycles. The summed E-state index contributed by atoms with van der Waals surface area (Å²) in [6, 6.07) is 8.32. The van der Waals surface area contributed by atoms with Gasteiger partial charge in [-0.05, 0) is 31.5 Å². The highest BCUT2D eigenvalue weighted by atomic mass is 35.5.